The van der Waals surface area contributed by atoms with Gasteiger partial charge < -0.3 is 14.8 Å². The molecule has 0 heterocycles. The van der Waals surface area contributed by atoms with Crippen molar-refractivity contribution < 1.29 is 32.2 Å². The highest BCUT2D eigenvalue weighted by molar-refractivity contribution is 5.81. The normalized spacial score (nSPS) is 14.2. The molecule has 8 heteroatoms. The number of nitrogens with one attached hydrogen (secondary N) is 1. The Balaban J connectivity index is 4.82. The van der Waals surface area contributed by atoms with E-state index in [1.807, 2.05) is 5.32 Å². The summed E-state index contributed by atoms with van der Waals surface area (Å²) in [6.45, 7) is 5.22. The van der Waals surface area contributed by atoms with Crippen molar-refractivity contribution in [3.63, 3.8) is 0 Å². The average molecular weight is 283 g/mol. The summed E-state index contributed by atoms with van der Waals surface area (Å²) in [5.41, 5.74) is 0. The van der Waals surface area contributed by atoms with E-state index in [4.69, 9.17) is 0 Å². The van der Waals surface area contributed by atoms with Crippen molar-refractivity contribution in [2.75, 3.05) is 13.2 Å². The lowest BCUT2D eigenvalue weighted by atomic mass is 10.0. The molecule has 0 aliphatic rings. The highest BCUT2D eigenvalue weighted by Crippen LogP contribution is 2.29. The minimum Gasteiger partial charge on any atom is -0.464 e. The Morgan fingerprint density at radius 3 is 2.37 bits per heavy atom. The Labute approximate surface area is 108 Å². The number of carbonyl (C=O) groups excluding carboxylic acids is 2. The Kier molecular flexibility index (Phi) is 6.95. The second-order valence-corrected chi connectivity index (χ2v) is 3.59. The third kappa shape index (κ3) is 6.12. The summed E-state index contributed by atoms with van der Waals surface area (Å²) in [7, 11) is 0. The number of rotatable bonds is 6. The number of esters is 1. The number of hydrogen-bond acceptors (Lipinski definition) is 4. The predicted molar refractivity (Wildman–Crippen MR) is 60.3 cm³/mol. The van der Waals surface area contributed by atoms with E-state index >= 15 is 0 Å². The number of alkyl carbamates (subject to hydrolysis) is 1. The quantitative estimate of drug-likeness (QED) is 0.598. The summed E-state index contributed by atoms with van der Waals surface area (Å²) >= 11 is 0. The molecule has 0 saturated carbocycles. The lowest BCUT2D eigenvalue weighted by Gasteiger charge is -2.24. The van der Waals surface area contributed by atoms with Crippen LogP contribution in [0.1, 0.15) is 13.8 Å². The van der Waals surface area contributed by atoms with E-state index in [2.05, 4.69) is 16.1 Å². The molecule has 0 saturated heterocycles. The van der Waals surface area contributed by atoms with Crippen LogP contribution in [0, 0.1) is 5.92 Å². The summed E-state index contributed by atoms with van der Waals surface area (Å²) in [6.07, 6.45) is -4.55. The Morgan fingerprint density at radius 2 is 1.95 bits per heavy atom. The zero-order chi connectivity index (χ0) is 15.1. The summed E-state index contributed by atoms with van der Waals surface area (Å²) in [5.74, 6) is -3.26. The van der Waals surface area contributed by atoms with Crippen LogP contribution in [-0.4, -0.2) is 37.5 Å². The van der Waals surface area contributed by atoms with Crippen molar-refractivity contribution in [1.82, 2.24) is 5.32 Å². The van der Waals surface area contributed by atoms with E-state index in [1.165, 1.54) is 13.0 Å². The molecule has 0 fully saturated rings. The van der Waals surface area contributed by atoms with Gasteiger partial charge in [0.15, 0.2) is 0 Å². The molecule has 0 aliphatic carbocycles. The number of carbonyl (C=O) groups is 2. The van der Waals surface area contributed by atoms with Gasteiger partial charge in [0.05, 0.1) is 12.5 Å². The Bertz CT molecular complexity index is 330. The highest BCUT2D eigenvalue weighted by Gasteiger charge is 2.45. The molecule has 0 aromatic carbocycles. The second kappa shape index (κ2) is 7.65. The summed E-state index contributed by atoms with van der Waals surface area (Å²) in [6, 6.07) is -1.85. The Hall–Kier alpha value is -1.73. The Morgan fingerprint density at radius 1 is 1.37 bits per heavy atom. The van der Waals surface area contributed by atoms with E-state index in [0.29, 0.717) is 0 Å². The zero-order valence-corrected chi connectivity index (χ0v) is 10.6. The molecule has 2 atom stereocenters. The SMILES string of the molecule is C=CCOC(=O)NC(C(=O)OCC)[C@@H](C)C(F)(F)F. The number of halogens is 3. The van der Waals surface area contributed by atoms with Crippen molar-refractivity contribution >= 4 is 12.1 Å². The van der Waals surface area contributed by atoms with Gasteiger partial charge in [-0.05, 0) is 6.92 Å². The maximum atomic E-state index is 12.6. The molecule has 0 bridgehead atoms. The molecule has 5 nitrogen and oxygen atoms in total. The first-order valence-electron chi connectivity index (χ1n) is 5.51. The van der Waals surface area contributed by atoms with Gasteiger partial charge in [-0.2, -0.15) is 13.2 Å². The van der Waals surface area contributed by atoms with E-state index in [9.17, 15) is 22.8 Å². The van der Waals surface area contributed by atoms with Crippen LogP contribution in [-0.2, 0) is 14.3 Å². The van der Waals surface area contributed by atoms with E-state index in [0.717, 1.165) is 6.92 Å². The number of hydrogen-bond donors (Lipinski definition) is 1. The number of alkyl halides is 3. The molecule has 0 spiro atoms. The summed E-state index contributed by atoms with van der Waals surface area (Å²) < 4.78 is 46.7. The summed E-state index contributed by atoms with van der Waals surface area (Å²) in [4.78, 5) is 22.6. The highest BCUT2D eigenvalue weighted by atomic mass is 19.4. The van der Waals surface area contributed by atoms with Gasteiger partial charge in [0.25, 0.3) is 0 Å². The van der Waals surface area contributed by atoms with Crippen LogP contribution in [0.2, 0.25) is 0 Å². The molecule has 0 aromatic rings. The first-order valence-corrected chi connectivity index (χ1v) is 5.51. The maximum absolute atomic E-state index is 12.6. The molecule has 19 heavy (non-hydrogen) atoms. The fourth-order valence-corrected chi connectivity index (χ4v) is 1.11. The molecule has 1 unspecified atom stereocenters. The average Bonchev–Trinajstić information content (AvgIpc) is 2.31. The van der Waals surface area contributed by atoms with Crippen molar-refractivity contribution in [1.29, 1.82) is 0 Å². The molecule has 0 aromatic heterocycles. The fourth-order valence-electron chi connectivity index (χ4n) is 1.11. The van der Waals surface area contributed by atoms with Gasteiger partial charge in [-0.25, -0.2) is 9.59 Å². The molecular formula is C11H16F3NO4. The maximum Gasteiger partial charge on any atom is 0.408 e. The third-order valence-corrected chi connectivity index (χ3v) is 2.16. The van der Waals surface area contributed by atoms with E-state index < -0.39 is 30.2 Å². The first kappa shape index (κ1) is 17.3. The first-order chi connectivity index (χ1) is 8.73. The van der Waals surface area contributed by atoms with Gasteiger partial charge in [-0.3, -0.25) is 0 Å². The van der Waals surface area contributed by atoms with Gasteiger partial charge in [-0.1, -0.05) is 19.6 Å². The van der Waals surface area contributed by atoms with Crippen LogP contribution in [0.3, 0.4) is 0 Å². The lowest BCUT2D eigenvalue weighted by molar-refractivity contribution is -0.186. The molecule has 1 amide bonds. The molecule has 1 N–H and O–H groups in total. The minimum atomic E-state index is -4.65. The van der Waals surface area contributed by atoms with Crippen molar-refractivity contribution in [2.45, 2.75) is 26.1 Å². The van der Waals surface area contributed by atoms with Crippen molar-refractivity contribution in [3.8, 4) is 0 Å². The second-order valence-electron chi connectivity index (χ2n) is 3.59. The van der Waals surface area contributed by atoms with Gasteiger partial charge in [0.1, 0.15) is 12.6 Å². The van der Waals surface area contributed by atoms with Crippen LogP contribution in [0.15, 0.2) is 12.7 Å². The van der Waals surface area contributed by atoms with Crippen LogP contribution < -0.4 is 5.32 Å². The van der Waals surface area contributed by atoms with Crippen LogP contribution in [0.5, 0.6) is 0 Å². The fraction of sp³-hybridized carbons (Fsp3) is 0.636. The lowest BCUT2D eigenvalue weighted by Crippen LogP contribution is -2.50. The van der Waals surface area contributed by atoms with Gasteiger partial charge in [0.2, 0.25) is 0 Å². The predicted octanol–water partition coefficient (Wildman–Crippen LogP) is 2.03. The molecular weight excluding hydrogens is 267 g/mol. The molecule has 0 radical (unpaired) electrons. The van der Waals surface area contributed by atoms with Crippen LogP contribution in [0.25, 0.3) is 0 Å². The zero-order valence-electron chi connectivity index (χ0n) is 10.6. The standard InChI is InChI=1S/C11H16F3NO4/c1-4-6-19-10(17)15-8(9(16)18-5-2)7(3)11(12,13)14/h4,7-8H,1,5-6H2,2-3H3,(H,15,17)/t7-,8?/m1/s1. The molecule has 110 valence electrons. The molecule has 0 aliphatic heterocycles. The largest absolute Gasteiger partial charge is 0.464 e. The minimum absolute atomic E-state index is 0.0940. The van der Waals surface area contributed by atoms with Crippen LogP contribution >= 0.6 is 0 Å². The van der Waals surface area contributed by atoms with Gasteiger partial charge >= 0.3 is 18.2 Å². The van der Waals surface area contributed by atoms with E-state index in [-0.39, 0.29) is 13.2 Å². The number of ether oxygens (including phenoxy) is 2. The van der Waals surface area contributed by atoms with Gasteiger partial charge in [-0.15, -0.1) is 0 Å². The van der Waals surface area contributed by atoms with Crippen molar-refractivity contribution in [3.05, 3.63) is 12.7 Å². The molecule has 0 rings (SSSR count). The third-order valence-electron chi connectivity index (χ3n) is 2.16. The number of amides is 1. The monoisotopic (exact) mass is 283 g/mol. The topological polar surface area (TPSA) is 64.6 Å². The van der Waals surface area contributed by atoms with Gasteiger partial charge in [0, 0.05) is 0 Å². The van der Waals surface area contributed by atoms with Crippen LogP contribution in [0.4, 0.5) is 18.0 Å². The summed E-state index contributed by atoms with van der Waals surface area (Å²) in [5, 5.41) is 1.84. The van der Waals surface area contributed by atoms with E-state index in [1.54, 1.807) is 0 Å². The van der Waals surface area contributed by atoms with Crippen molar-refractivity contribution in [2.24, 2.45) is 5.92 Å². The smallest absolute Gasteiger partial charge is 0.408 e.